The van der Waals surface area contributed by atoms with Crippen molar-refractivity contribution in [1.29, 1.82) is 0 Å². The molecule has 0 unspecified atom stereocenters. The predicted molar refractivity (Wildman–Crippen MR) is 130 cm³/mol. The van der Waals surface area contributed by atoms with E-state index in [1.165, 1.54) is 11.4 Å². The maximum Gasteiger partial charge on any atom is 0.258 e. The number of benzene rings is 3. The molecule has 8 heteroatoms. The third-order valence-corrected chi connectivity index (χ3v) is 7.08. The van der Waals surface area contributed by atoms with Crippen LogP contribution in [0.4, 0.5) is 22.7 Å². The Bertz CT molecular complexity index is 1300. The number of amides is 1. The van der Waals surface area contributed by atoms with Gasteiger partial charge in [-0.1, -0.05) is 30.3 Å². The van der Waals surface area contributed by atoms with E-state index in [-0.39, 0.29) is 11.7 Å². The Morgan fingerprint density at radius 3 is 2.41 bits per heavy atom. The number of allylic oxidation sites excluding steroid dienone is 1. The Balaban J connectivity index is 1.53. The molecule has 4 rings (SSSR count). The molecule has 0 saturated carbocycles. The van der Waals surface area contributed by atoms with Gasteiger partial charge in [0.05, 0.1) is 17.0 Å². The summed E-state index contributed by atoms with van der Waals surface area (Å²) in [5.41, 5.74) is 11.2. The summed E-state index contributed by atoms with van der Waals surface area (Å²) in [7, 11) is -1.98. The minimum Gasteiger partial charge on any atom is -0.399 e. The Morgan fingerprint density at radius 1 is 1.03 bits per heavy atom. The highest BCUT2D eigenvalue weighted by Crippen LogP contribution is 2.35. The van der Waals surface area contributed by atoms with E-state index in [0.29, 0.717) is 22.6 Å². The van der Waals surface area contributed by atoms with Crippen molar-refractivity contribution in [3.05, 3.63) is 89.6 Å². The van der Waals surface area contributed by atoms with Gasteiger partial charge < -0.3 is 16.4 Å². The van der Waals surface area contributed by atoms with Gasteiger partial charge in [0.2, 0.25) is 10.0 Å². The first-order chi connectivity index (χ1) is 15.2. The normalized spacial score (nSPS) is 14.5. The van der Waals surface area contributed by atoms with E-state index in [1.807, 2.05) is 25.1 Å². The van der Waals surface area contributed by atoms with Crippen LogP contribution in [0.2, 0.25) is 0 Å². The van der Waals surface area contributed by atoms with E-state index in [1.54, 1.807) is 54.6 Å². The summed E-state index contributed by atoms with van der Waals surface area (Å²) in [6.45, 7) is 1.82. The average Bonchev–Trinajstić information content (AvgIpc) is 3.09. The first kappa shape index (κ1) is 21.5. The molecule has 1 heterocycles. The van der Waals surface area contributed by atoms with Crippen molar-refractivity contribution < 1.29 is 13.2 Å². The van der Waals surface area contributed by atoms with E-state index in [2.05, 4.69) is 10.6 Å². The SMILES string of the molecule is C/C(Nc1ccc(N(C)S(=O)(=O)Cc2ccccc2)cc1)=C1/C(=O)Nc2ccc(N)cc21. The van der Waals surface area contributed by atoms with Crippen molar-refractivity contribution in [3.8, 4) is 0 Å². The highest BCUT2D eigenvalue weighted by Gasteiger charge is 2.26. The number of fused-ring (bicyclic) bond motifs is 1. The van der Waals surface area contributed by atoms with Gasteiger partial charge >= 0.3 is 0 Å². The summed E-state index contributed by atoms with van der Waals surface area (Å²) >= 11 is 0. The molecular formula is C24H24N4O3S. The van der Waals surface area contributed by atoms with Crippen molar-refractivity contribution >= 4 is 44.3 Å². The molecule has 4 N–H and O–H groups in total. The molecular weight excluding hydrogens is 424 g/mol. The summed E-state index contributed by atoms with van der Waals surface area (Å²) in [5.74, 6) is -0.272. The van der Waals surface area contributed by atoms with E-state index in [0.717, 1.165) is 22.5 Å². The average molecular weight is 449 g/mol. The van der Waals surface area contributed by atoms with Crippen LogP contribution in [0.15, 0.2) is 78.5 Å². The monoisotopic (exact) mass is 448 g/mol. The molecule has 3 aromatic rings. The highest BCUT2D eigenvalue weighted by atomic mass is 32.2. The summed E-state index contributed by atoms with van der Waals surface area (Å²) in [6, 6.07) is 21.4. The molecule has 32 heavy (non-hydrogen) atoms. The molecule has 1 aliphatic heterocycles. The van der Waals surface area contributed by atoms with Gasteiger partial charge in [0, 0.05) is 35.4 Å². The van der Waals surface area contributed by atoms with Gasteiger partial charge in [0.1, 0.15) is 0 Å². The quantitative estimate of drug-likeness (QED) is 0.390. The molecule has 0 spiro atoms. The van der Waals surface area contributed by atoms with Crippen LogP contribution in [0.1, 0.15) is 18.1 Å². The first-order valence-electron chi connectivity index (χ1n) is 10.0. The molecule has 7 nitrogen and oxygen atoms in total. The number of hydrogen-bond acceptors (Lipinski definition) is 5. The smallest absolute Gasteiger partial charge is 0.258 e. The zero-order valence-electron chi connectivity index (χ0n) is 17.8. The van der Waals surface area contributed by atoms with Crippen LogP contribution < -0.4 is 20.7 Å². The lowest BCUT2D eigenvalue weighted by atomic mass is 10.0. The predicted octanol–water partition coefficient (Wildman–Crippen LogP) is 4.03. The fraction of sp³-hybridized carbons (Fsp3) is 0.125. The van der Waals surface area contributed by atoms with Crippen molar-refractivity contribution in [2.45, 2.75) is 12.7 Å². The van der Waals surface area contributed by atoms with E-state index in [4.69, 9.17) is 5.73 Å². The fourth-order valence-electron chi connectivity index (χ4n) is 3.63. The zero-order chi connectivity index (χ0) is 22.9. The number of nitrogens with zero attached hydrogens (tertiary/aromatic N) is 1. The van der Waals surface area contributed by atoms with E-state index >= 15 is 0 Å². The number of nitrogens with one attached hydrogen (secondary N) is 2. The van der Waals surface area contributed by atoms with Gasteiger partial charge in [-0.15, -0.1) is 0 Å². The van der Waals surface area contributed by atoms with Gasteiger partial charge in [-0.25, -0.2) is 8.42 Å². The number of rotatable bonds is 6. The molecule has 1 amide bonds. The van der Waals surface area contributed by atoms with E-state index in [9.17, 15) is 13.2 Å². The second-order valence-corrected chi connectivity index (χ2v) is 9.64. The largest absolute Gasteiger partial charge is 0.399 e. The van der Waals surface area contributed by atoms with Gasteiger partial charge in [0.15, 0.2) is 0 Å². The molecule has 0 bridgehead atoms. The van der Waals surface area contributed by atoms with Crippen LogP contribution in [-0.4, -0.2) is 21.4 Å². The Morgan fingerprint density at radius 2 is 1.72 bits per heavy atom. The Labute approximate surface area is 187 Å². The molecule has 0 aliphatic carbocycles. The van der Waals surface area contributed by atoms with Crippen LogP contribution in [0.3, 0.4) is 0 Å². The second-order valence-electron chi connectivity index (χ2n) is 7.64. The van der Waals surface area contributed by atoms with Gasteiger partial charge in [0.25, 0.3) is 5.91 Å². The molecule has 3 aromatic carbocycles. The molecule has 0 saturated heterocycles. The van der Waals surface area contributed by atoms with Crippen LogP contribution in [0, 0.1) is 0 Å². The molecule has 164 valence electrons. The van der Waals surface area contributed by atoms with Crippen LogP contribution in [0.5, 0.6) is 0 Å². The standard InChI is InChI=1S/C24H24N4O3S/c1-16(23-21-14-18(25)8-13-22(21)27-24(23)29)26-19-9-11-20(12-10-19)28(2)32(30,31)15-17-6-4-3-5-7-17/h3-14,26H,15,25H2,1-2H3,(H,27,29)/b23-16-. The van der Waals surface area contributed by atoms with Crippen molar-refractivity contribution in [1.82, 2.24) is 0 Å². The van der Waals surface area contributed by atoms with Crippen LogP contribution in [-0.2, 0) is 20.6 Å². The third-order valence-electron chi connectivity index (χ3n) is 5.34. The maximum atomic E-state index is 12.8. The highest BCUT2D eigenvalue weighted by molar-refractivity contribution is 7.92. The van der Waals surface area contributed by atoms with Crippen LogP contribution >= 0.6 is 0 Å². The lowest BCUT2D eigenvalue weighted by molar-refractivity contribution is -0.110. The summed E-state index contributed by atoms with van der Waals surface area (Å²) in [5, 5.41) is 6.07. The van der Waals surface area contributed by atoms with Gasteiger partial charge in [-0.2, -0.15) is 0 Å². The molecule has 0 radical (unpaired) electrons. The first-order valence-corrected chi connectivity index (χ1v) is 11.7. The zero-order valence-corrected chi connectivity index (χ0v) is 18.6. The fourth-order valence-corrected chi connectivity index (χ4v) is 4.88. The lowest BCUT2D eigenvalue weighted by Crippen LogP contribution is -2.27. The molecule has 0 fully saturated rings. The summed E-state index contributed by atoms with van der Waals surface area (Å²) in [6.07, 6.45) is 0. The van der Waals surface area contributed by atoms with Gasteiger partial charge in [-0.05, 0) is 55.0 Å². The minimum atomic E-state index is -3.52. The number of hydrogen-bond donors (Lipinski definition) is 3. The molecule has 0 aromatic heterocycles. The number of nitrogen functional groups attached to an aromatic ring is 1. The number of nitrogens with two attached hydrogens (primary N) is 1. The minimum absolute atomic E-state index is 0.0762. The lowest BCUT2D eigenvalue weighted by Gasteiger charge is -2.20. The van der Waals surface area contributed by atoms with Crippen molar-refractivity contribution in [2.75, 3.05) is 27.7 Å². The second kappa shape index (κ2) is 8.39. The number of carbonyl (C=O) groups is 1. The summed E-state index contributed by atoms with van der Waals surface area (Å²) < 4.78 is 26.8. The van der Waals surface area contributed by atoms with Gasteiger partial charge in [-0.3, -0.25) is 9.10 Å². The maximum absolute atomic E-state index is 12.8. The Hall–Kier alpha value is -3.78. The van der Waals surface area contributed by atoms with Crippen LogP contribution in [0.25, 0.3) is 5.57 Å². The molecule has 0 atom stereocenters. The number of sulfonamides is 1. The Kier molecular flexibility index (Phi) is 5.63. The number of anilines is 4. The molecule has 1 aliphatic rings. The number of carbonyl (C=O) groups excluding carboxylic acids is 1. The third kappa shape index (κ3) is 4.31. The topological polar surface area (TPSA) is 105 Å². The van der Waals surface area contributed by atoms with Crippen molar-refractivity contribution in [3.63, 3.8) is 0 Å². The summed E-state index contributed by atoms with van der Waals surface area (Å²) in [4.78, 5) is 12.5. The van der Waals surface area contributed by atoms with E-state index < -0.39 is 10.0 Å². The van der Waals surface area contributed by atoms with Crippen molar-refractivity contribution in [2.24, 2.45) is 0 Å².